The largest absolute Gasteiger partial charge is 0.352 e. The average molecular weight is 575 g/mol. The molecule has 0 aromatic heterocycles. The highest BCUT2D eigenvalue weighted by Gasteiger charge is 2.39. The number of carbonyl (C=O) groups is 5. The van der Waals surface area contributed by atoms with Crippen molar-refractivity contribution in [1.82, 2.24) is 20.9 Å². The summed E-state index contributed by atoms with van der Waals surface area (Å²) in [7, 11) is 0. The molecule has 3 N–H and O–H groups in total. The number of imide groups is 1. The van der Waals surface area contributed by atoms with E-state index in [2.05, 4.69) is 16.0 Å². The second kappa shape index (κ2) is 11.9. The first-order valence-corrected chi connectivity index (χ1v) is 14.2. The van der Waals surface area contributed by atoms with E-state index in [1.54, 1.807) is 18.2 Å². The van der Waals surface area contributed by atoms with Gasteiger partial charge in [0, 0.05) is 37.2 Å². The Morgan fingerprint density at radius 3 is 2.33 bits per heavy atom. The molecule has 216 valence electrons. The lowest BCUT2D eigenvalue weighted by Crippen LogP contribution is -2.52. The zero-order chi connectivity index (χ0) is 29.9. The van der Waals surface area contributed by atoms with E-state index in [1.807, 2.05) is 66.7 Å². The minimum absolute atomic E-state index is 0.0519. The maximum Gasteiger partial charge on any atom is 0.255 e. The van der Waals surface area contributed by atoms with E-state index in [1.165, 1.54) is 4.90 Å². The summed E-state index contributed by atoms with van der Waals surface area (Å²) >= 11 is 0. The van der Waals surface area contributed by atoms with Crippen LogP contribution in [0.5, 0.6) is 0 Å². The zero-order valence-electron chi connectivity index (χ0n) is 23.4. The zero-order valence-corrected chi connectivity index (χ0v) is 23.4. The molecule has 4 aromatic carbocycles. The molecule has 2 aliphatic rings. The van der Waals surface area contributed by atoms with Gasteiger partial charge in [0.1, 0.15) is 6.04 Å². The van der Waals surface area contributed by atoms with Crippen molar-refractivity contribution < 1.29 is 24.0 Å². The van der Waals surface area contributed by atoms with Gasteiger partial charge in [-0.1, -0.05) is 66.7 Å². The number of nitrogens with zero attached hydrogens (tertiary/aromatic N) is 1. The van der Waals surface area contributed by atoms with Crippen LogP contribution >= 0.6 is 0 Å². The molecule has 1 fully saturated rings. The molecule has 0 aliphatic carbocycles. The highest BCUT2D eigenvalue weighted by Crippen LogP contribution is 2.28. The van der Waals surface area contributed by atoms with Crippen LogP contribution in [0, 0.1) is 0 Å². The quantitative estimate of drug-likeness (QED) is 0.278. The number of nitrogens with one attached hydrogen (secondary N) is 3. The van der Waals surface area contributed by atoms with Crippen LogP contribution in [0.3, 0.4) is 0 Å². The Bertz CT molecular complexity index is 1760. The lowest BCUT2D eigenvalue weighted by Gasteiger charge is -2.29. The van der Waals surface area contributed by atoms with Crippen molar-refractivity contribution in [2.45, 2.75) is 44.9 Å². The van der Waals surface area contributed by atoms with Crippen molar-refractivity contribution in [3.05, 3.63) is 118 Å². The van der Waals surface area contributed by atoms with Crippen LogP contribution < -0.4 is 16.0 Å². The molecule has 4 aromatic rings. The maximum absolute atomic E-state index is 12.9. The van der Waals surface area contributed by atoms with Crippen molar-refractivity contribution in [3.8, 4) is 0 Å². The first kappa shape index (κ1) is 27.8. The summed E-state index contributed by atoms with van der Waals surface area (Å²) in [5, 5.41) is 10.4. The summed E-state index contributed by atoms with van der Waals surface area (Å²) in [4.78, 5) is 63.6. The minimum Gasteiger partial charge on any atom is -0.352 e. The van der Waals surface area contributed by atoms with Crippen molar-refractivity contribution in [3.63, 3.8) is 0 Å². The number of hydrogen-bond donors (Lipinski definition) is 3. The topological polar surface area (TPSA) is 125 Å². The van der Waals surface area contributed by atoms with Gasteiger partial charge >= 0.3 is 0 Å². The van der Waals surface area contributed by atoms with Crippen LogP contribution in [-0.4, -0.2) is 40.5 Å². The number of amides is 5. The number of rotatable bonds is 8. The number of piperidine rings is 1. The Labute approximate surface area is 248 Å². The van der Waals surface area contributed by atoms with E-state index in [4.69, 9.17) is 0 Å². The third-order valence-corrected chi connectivity index (χ3v) is 7.98. The van der Waals surface area contributed by atoms with Crippen molar-refractivity contribution >= 4 is 40.3 Å². The molecule has 0 saturated carbocycles. The standard InChI is InChI=1S/C34H30N4O5/c39-30-15-14-29(33(42)37-30)38-20-26-16-25(12-13-28(26)34(38)43)32(41)36-19-22-10-8-21(9-11-22)18-35-31(40)17-24-6-3-5-23-4-1-2-7-27(23)24/h1-13,16,29H,14-15,17-20H2,(H,35,40)(H,36,41)(H,37,39,42). The number of benzene rings is 4. The fourth-order valence-corrected chi connectivity index (χ4v) is 5.66. The third-order valence-electron chi connectivity index (χ3n) is 7.98. The van der Waals surface area contributed by atoms with Gasteiger partial charge in [-0.05, 0) is 57.6 Å². The van der Waals surface area contributed by atoms with Gasteiger partial charge < -0.3 is 15.5 Å². The molecular formula is C34H30N4O5. The van der Waals surface area contributed by atoms with Gasteiger partial charge in [-0.25, -0.2) is 0 Å². The molecule has 0 bridgehead atoms. The predicted molar refractivity (Wildman–Crippen MR) is 160 cm³/mol. The second-order valence-corrected chi connectivity index (χ2v) is 10.9. The van der Waals surface area contributed by atoms with Gasteiger partial charge in [0.2, 0.25) is 17.7 Å². The Kier molecular flexibility index (Phi) is 7.70. The predicted octanol–water partition coefficient (Wildman–Crippen LogP) is 3.39. The van der Waals surface area contributed by atoms with E-state index >= 15 is 0 Å². The van der Waals surface area contributed by atoms with Crippen LogP contribution in [0.1, 0.15) is 55.8 Å². The highest BCUT2D eigenvalue weighted by molar-refractivity contribution is 6.06. The summed E-state index contributed by atoms with van der Waals surface area (Å²) in [6.45, 7) is 0.923. The second-order valence-electron chi connectivity index (χ2n) is 10.9. The van der Waals surface area contributed by atoms with E-state index in [0.29, 0.717) is 36.2 Å². The number of fused-ring (bicyclic) bond motifs is 2. The van der Waals surface area contributed by atoms with Crippen molar-refractivity contribution in [2.75, 3.05) is 0 Å². The normalized spacial score (nSPS) is 16.1. The Morgan fingerprint density at radius 2 is 1.56 bits per heavy atom. The molecule has 1 saturated heterocycles. The fourth-order valence-electron chi connectivity index (χ4n) is 5.66. The SMILES string of the molecule is O=C(Cc1cccc2ccccc12)NCc1ccc(CNC(=O)c2ccc3c(c2)CN(C2CCC(=O)NC2=O)C3=O)cc1. The van der Waals surface area contributed by atoms with Crippen LogP contribution in [0.15, 0.2) is 84.9 Å². The lowest BCUT2D eigenvalue weighted by molar-refractivity contribution is -0.137. The maximum atomic E-state index is 12.9. The fraction of sp³-hybridized carbons (Fsp3) is 0.206. The summed E-state index contributed by atoms with van der Waals surface area (Å²) in [6, 6.07) is 25.8. The average Bonchev–Trinajstić information content (AvgIpc) is 3.34. The van der Waals surface area contributed by atoms with Gasteiger partial charge in [0.15, 0.2) is 0 Å². The van der Waals surface area contributed by atoms with Crippen LogP contribution in [0.2, 0.25) is 0 Å². The van der Waals surface area contributed by atoms with Crippen LogP contribution in [0.4, 0.5) is 0 Å². The molecule has 2 aliphatic heterocycles. The Morgan fingerprint density at radius 1 is 0.837 bits per heavy atom. The molecule has 9 heteroatoms. The van der Waals surface area contributed by atoms with E-state index in [9.17, 15) is 24.0 Å². The van der Waals surface area contributed by atoms with E-state index < -0.39 is 11.9 Å². The Hall–Kier alpha value is -5.31. The molecule has 1 atom stereocenters. The molecule has 2 heterocycles. The summed E-state index contributed by atoms with van der Waals surface area (Å²) in [6.07, 6.45) is 0.775. The van der Waals surface area contributed by atoms with E-state index in [-0.39, 0.29) is 43.0 Å². The smallest absolute Gasteiger partial charge is 0.255 e. The van der Waals surface area contributed by atoms with E-state index in [0.717, 1.165) is 27.5 Å². The van der Waals surface area contributed by atoms with Gasteiger partial charge in [0.05, 0.1) is 6.42 Å². The first-order chi connectivity index (χ1) is 20.9. The lowest BCUT2D eigenvalue weighted by atomic mass is 10.0. The first-order valence-electron chi connectivity index (χ1n) is 14.2. The van der Waals surface area contributed by atoms with Crippen molar-refractivity contribution in [1.29, 1.82) is 0 Å². The highest BCUT2D eigenvalue weighted by atomic mass is 16.2. The van der Waals surface area contributed by atoms with Gasteiger partial charge in [-0.2, -0.15) is 0 Å². The van der Waals surface area contributed by atoms with Crippen molar-refractivity contribution in [2.24, 2.45) is 0 Å². The molecule has 5 amide bonds. The summed E-state index contributed by atoms with van der Waals surface area (Å²) < 4.78 is 0. The number of carbonyl (C=O) groups excluding carboxylic acids is 5. The van der Waals surface area contributed by atoms with Crippen LogP contribution in [-0.2, 0) is 40.4 Å². The summed E-state index contributed by atoms with van der Waals surface area (Å²) in [5.74, 6) is -1.41. The molecule has 9 nitrogen and oxygen atoms in total. The minimum atomic E-state index is -0.699. The molecule has 1 unspecified atom stereocenters. The molecule has 43 heavy (non-hydrogen) atoms. The Balaban J connectivity index is 1.00. The third kappa shape index (κ3) is 6.01. The summed E-state index contributed by atoms with van der Waals surface area (Å²) in [5.41, 5.74) is 4.39. The van der Waals surface area contributed by atoms with Gasteiger partial charge in [-0.3, -0.25) is 29.3 Å². The van der Waals surface area contributed by atoms with Gasteiger partial charge in [-0.15, -0.1) is 0 Å². The molecular weight excluding hydrogens is 544 g/mol. The monoisotopic (exact) mass is 574 g/mol. The molecule has 0 radical (unpaired) electrons. The van der Waals surface area contributed by atoms with Gasteiger partial charge in [0.25, 0.3) is 11.8 Å². The molecule has 6 rings (SSSR count). The number of hydrogen-bond acceptors (Lipinski definition) is 5. The molecule has 0 spiro atoms. The van der Waals surface area contributed by atoms with Crippen LogP contribution in [0.25, 0.3) is 10.8 Å².